The zero-order valence-corrected chi connectivity index (χ0v) is 12.9. The summed E-state index contributed by atoms with van der Waals surface area (Å²) in [7, 11) is 0. The molecule has 0 aromatic heterocycles. The van der Waals surface area contributed by atoms with Crippen LogP contribution >= 0.6 is 0 Å². The van der Waals surface area contributed by atoms with E-state index in [4.69, 9.17) is 4.74 Å². The van der Waals surface area contributed by atoms with Crippen LogP contribution in [0.2, 0.25) is 0 Å². The minimum Gasteiger partial charge on any atom is -0.444 e. The van der Waals surface area contributed by atoms with Crippen LogP contribution < -0.4 is 5.32 Å². The lowest BCUT2D eigenvalue weighted by Gasteiger charge is -2.43. The van der Waals surface area contributed by atoms with Gasteiger partial charge in [-0.2, -0.15) is 0 Å². The Hall–Kier alpha value is -0.810. The van der Waals surface area contributed by atoms with Crippen LogP contribution in [0.25, 0.3) is 0 Å². The van der Waals surface area contributed by atoms with Crippen LogP contribution in [0.1, 0.15) is 46.5 Å². The van der Waals surface area contributed by atoms with E-state index in [0.29, 0.717) is 19.0 Å². The number of likely N-dealkylation sites (tertiary alicyclic amines) is 1. The Balaban J connectivity index is 1.84. The first-order valence-corrected chi connectivity index (χ1v) is 7.71. The second-order valence-electron chi connectivity index (χ2n) is 7.10. The quantitative estimate of drug-likeness (QED) is 0.770. The van der Waals surface area contributed by atoms with Gasteiger partial charge in [0, 0.05) is 13.1 Å². The summed E-state index contributed by atoms with van der Waals surface area (Å²) in [6.07, 6.45) is 3.16. The summed E-state index contributed by atoms with van der Waals surface area (Å²) < 4.78 is 5.40. The predicted molar refractivity (Wildman–Crippen MR) is 77.6 cm³/mol. The first kappa shape index (κ1) is 15.6. The first-order valence-electron chi connectivity index (χ1n) is 7.71. The van der Waals surface area contributed by atoms with Crippen molar-refractivity contribution in [1.29, 1.82) is 0 Å². The molecule has 0 bridgehead atoms. The van der Waals surface area contributed by atoms with Gasteiger partial charge >= 0.3 is 6.09 Å². The van der Waals surface area contributed by atoms with E-state index >= 15 is 0 Å². The Morgan fingerprint density at radius 2 is 1.80 bits per heavy atom. The normalized spacial score (nSPS) is 24.5. The molecule has 0 unspecified atom stereocenters. The summed E-state index contributed by atoms with van der Waals surface area (Å²) in [6, 6.07) is 0. The lowest BCUT2D eigenvalue weighted by molar-refractivity contribution is -0.0657. The van der Waals surface area contributed by atoms with Crippen molar-refractivity contribution in [2.75, 3.05) is 26.2 Å². The molecule has 2 heterocycles. The molecule has 5 nitrogen and oxygen atoms in total. The third-order valence-corrected chi connectivity index (χ3v) is 4.38. The van der Waals surface area contributed by atoms with E-state index in [1.54, 1.807) is 4.90 Å². The molecule has 0 radical (unpaired) electrons. The van der Waals surface area contributed by atoms with Crippen molar-refractivity contribution in [3.63, 3.8) is 0 Å². The third-order valence-electron chi connectivity index (χ3n) is 4.38. The maximum absolute atomic E-state index is 12.0. The van der Waals surface area contributed by atoms with Crippen molar-refractivity contribution in [2.24, 2.45) is 5.92 Å². The second kappa shape index (κ2) is 5.90. The SMILES string of the molecule is CC(C)(C)OC(=O)N1CCC(C2(O)CCNCC2)CC1. The highest BCUT2D eigenvalue weighted by Crippen LogP contribution is 2.34. The highest BCUT2D eigenvalue weighted by molar-refractivity contribution is 5.68. The van der Waals surface area contributed by atoms with Gasteiger partial charge in [0.05, 0.1) is 5.60 Å². The summed E-state index contributed by atoms with van der Waals surface area (Å²) >= 11 is 0. The Morgan fingerprint density at radius 3 is 2.30 bits per heavy atom. The van der Waals surface area contributed by atoms with Crippen LogP contribution in [0, 0.1) is 5.92 Å². The van der Waals surface area contributed by atoms with E-state index in [0.717, 1.165) is 38.8 Å². The molecule has 20 heavy (non-hydrogen) atoms. The van der Waals surface area contributed by atoms with Crippen molar-refractivity contribution in [3.8, 4) is 0 Å². The molecule has 2 fully saturated rings. The highest BCUT2D eigenvalue weighted by Gasteiger charge is 2.40. The monoisotopic (exact) mass is 284 g/mol. The van der Waals surface area contributed by atoms with Crippen LogP contribution in [0.3, 0.4) is 0 Å². The Kier molecular flexibility index (Phi) is 4.59. The zero-order valence-electron chi connectivity index (χ0n) is 12.9. The van der Waals surface area contributed by atoms with Crippen LogP contribution in [0.4, 0.5) is 4.79 Å². The second-order valence-corrected chi connectivity index (χ2v) is 7.10. The van der Waals surface area contributed by atoms with Gasteiger partial charge in [0.2, 0.25) is 0 Å². The van der Waals surface area contributed by atoms with Gasteiger partial charge in [-0.1, -0.05) is 0 Å². The van der Waals surface area contributed by atoms with Gasteiger partial charge in [-0.15, -0.1) is 0 Å². The molecule has 1 amide bonds. The fourth-order valence-electron chi connectivity index (χ4n) is 3.19. The number of piperidine rings is 2. The average molecular weight is 284 g/mol. The average Bonchev–Trinajstić information content (AvgIpc) is 2.38. The number of nitrogens with one attached hydrogen (secondary N) is 1. The van der Waals surface area contributed by atoms with Crippen LogP contribution in [-0.4, -0.2) is 53.5 Å². The maximum atomic E-state index is 12.0. The summed E-state index contributed by atoms with van der Waals surface area (Å²) in [4.78, 5) is 13.8. The highest BCUT2D eigenvalue weighted by atomic mass is 16.6. The van der Waals surface area contributed by atoms with Gasteiger partial charge in [0.1, 0.15) is 5.60 Å². The fraction of sp³-hybridized carbons (Fsp3) is 0.933. The zero-order chi connectivity index (χ0) is 14.8. The van der Waals surface area contributed by atoms with Crippen LogP contribution in [-0.2, 0) is 4.74 Å². The Bertz CT molecular complexity index is 338. The number of rotatable bonds is 1. The van der Waals surface area contributed by atoms with E-state index in [-0.39, 0.29) is 6.09 Å². The molecule has 2 rings (SSSR count). The minimum atomic E-state index is -0.536. The van der Waals surface area contributed by atoms with Gasteiger partial charge in [0.15, 0.2) is 0 Å². The Labute approximate surface area is 121 Å². The number of carbonyl (C=O) groups is 1. The predicted octanol–water partition coefficient (Wildman–Crippen LogP) is 1.75. The molecule has 0 atom stereocenters. The van der Waals surface area contributed by atoms with Crippen molar-refractivity contribution in [1.82, 2.24) is 10.2 Å². The topological polar surface area (TPSA) is 61.8 Å². The third kappa shape index (κ3) is 3.85. The van der Waals surface area contributed by atoms with Crippen molar-refractivity contribution in [3.05, 3.63) is 0 Å². The number of aliphatic hydroxyl groups is 1. The van der Waals surface area contributed by atoms with Gasteiger partial charge in [-0.3, -0.25) is 0 Å². The summed E-state index contributed by atoms with van der Waals surface area (Å²) in [5.74, 6) is 0.309. The largest absolute Gasteiger partial charge is 0.444 e. The summed E-state index contributed by atoms with van der Waals surface area (Å²) in [5, 5.41) is 14.0. The van der Waals surface area contributed by atoms with Crippen LogP contribution in [0.15, 0.2) is 0 Å². The van der Waals surface area contributed by atoms with Gasteiger partial charge in [-0.25, -0.2) is 4.79 Å². The van der Waals surface area contributed by atoms with Gasteiger partial charge in [-0.05, 0) is 65.5 Å². The van der Waals surface area contributed by atoms with E-state index in [1.165, 1.54) is 0 Å². The van der Waals surface area contributed by atoms with E-state index < -0.39 is 11.2 Å². The van der Waals surface area contributed by atoms with E-state index in [1.807, 2.05) is 20.8 Å². The number of nitrogens with zero attached hydrogens (tertiary/aromatic N) is 1. The summed E-state index contributed by atoms with van der Waals surface area (Å²) in [6.45, 7) is 8.82. The molecule has 2 aliphatic heterocycles. The molecule has 0 aromatic rings. The van der Waals surface area contributed by atoms with E-state index in [9.17, 15) is 9.90 Å². The molecule has 116 valence electrons. The lowest BCUT2D eigenvalue weighted by Crippen LogP contribution is -2.51. The Morgan fingerprint density at radius 1 is 1.25 bits per heavy atom. The molecule has 2 N–H and O–H groups in total. The number of hydrogen-bond acceptors (Lipinski definition) is 4. The standard InChI is InChI=1S/C15H28N2O3/c1-14(2,3)20-13(18)17-10-4-12(5-11-17)15(19)6-8-16-9-7-15/h12,16,19H,4-11H2,1-3H3. The first-order chi connectivity index (χ1) is 9.30. The van der Waals surface area contributed by atoms with Crippen molar-refractivity contribution >= 4 is 6.09 Å². The fourth-order valence-corrected chi connectivity index (χ4v) is 3.19. The lowest BCUT2D eigenvalue weighted by atomic mass is 9.75. The molecule has 2 saturated heterocycles. The van der Waals surface area contributed by atoms with Crippen LogP contribution in [0.5, 0.6) is 0 Å². The molecule has 0 saturated carbocycles. The van der Waals surface area contributed by atoms with E-state index in [2.05, 4.69) is 5.32 Å². The minimum absolute atomic E-state index is 0.228. The molecule has 2 aliphatic rings. The molecule has 0 spiro atoms. The molecule has 0 aromatic carbocycles. The number of amides is 1. The number of ether oxygens (including phenoxy) is 1. The number of carbonyl (C=O) groups excluding carboxylic acids is 1. The van der Waals surface area contributed by atoms with Crippen molar-refractivity contribution < 1.29 is 14.6 Å². The molecular formula is C15H28N2O3. The van der Waals surface area contributed by atoms with Gasteiger partial charge < -0.3 is 20.1 Å². The maximum Gasteiger partial charge on any atom is 0.410 e. The molecule has 0 aliphatic carbocycles. The van der Waals surface area contributed by atoms with Gasteiger partial charge in [0.25, 0.3) is 0 Å². The number of hydrogen-bond donors (Lipinski definition) is 2. The van der Waals surface area contributed by atoms with Crippen molar-refractivity contribution in [2.45, 2.75) is 57.7 Å². The molecular weight excluding hydrogens is 256 g/mol. The molecule has 5 heteroatoms. The summed E-state index contributed by atoms with van der Waals surface area (Å²) in [5.41, 5.74) is -0.980. The smallest absolute Gasteiger partial charge is 0.410 e.